The second kappa shape index (κ2) is 5.41. The van der Waals surface area contributed by atoms with Crippen molar-refractivity contribution in [3.63, 3.8) is 0 Å². The zero-order chi connectivity index (χ0) is 13.9. The quantitative estimate of drug-likeness (QED) is 0.774. The number of nitrogens with zero attached hydrogens (tertiary/aromatic N) is 2. The van der Waals surface area contributed by atoms with E-state index in [1.807, 2.05) is 4.90 Å². The molecule has 2 rings (SSSR count). The minimum Gasteiger partial charge on any atom is -0.333 e. The summed E-state index contributed by atoms with van der Waals surface area (Å²) in [4.78, 5) is 18.6. The van der Waals surface area contributed by atoms with Crippen LogP contribution < -0.4 is 5.73 Å². The van der Waals surface area contributed by atoms with E-state index in [-0.39, 0.29) is 18.0 Å². The lowest BCUT2D eigenvalue weighted by molar-refractivity contribution is 0.0651. The van der Waals surface area contributed by atoms with Gasteiger partial charge in [0.05, 0.1) is 17.7 Å². The number of rotatable bonds is 1. The van der Waals surface area contributed by atoms with Crippen LogP contribution in [-0.2, 0) is 0 Å². The maximum Gasteiger partial charge on any atom is 0.255 e. The number of hydrogen-bond acceptors (Lipinski definition) is 3. The van der Waals surface area contributed by atoms with E-state index in [0.717, 1.165) is 19.4 Å². The van der Waals surface area contributed by atoms with Crippen LogP contribution in [0.4, 0.5) is 0 Å². The third-order valence-corrected chi connectivity index (χ3v) is 3.52. The van der Waals surface area contributed by atoms with Gasteiger partial charge in [-0.2, -0.15) is 0 Å². The van der Waals surface area contributed by atoms with Gasteiger partial charge in [0.1, 0.15) is 0 Å². The van der Waals surface area contributed by atoms with E-state index in [0.29, 0.717) is 11.1 Å². The summed E-state index contributed by atoms with van der Waals surface area (Å²) in [6.07, 6.45) is 5.34. The molecule has 1 aliphatic rings. The van der Waals surface area contributed by atoms with Crippen LogP contribution in [0.3, 0.4) is 0 Å². The molecule has 0 unspecified atom stereocenters. The normalized spacial score (nSPS) is 16.9. The molecular weight excluding hydrogens is 238 g/mol. The average Bonchev–Trinajstić information content (AvgIpc) is 2.75. The minimum absolute atomic E-state index is 0.0335. The highest BCUT2D eigenvalue weighted by Crippen LogP contribution is 2.30. The van der Waals surface area contributed by atoms with Crippen molar-refractivity contribution < 1.29 is 4.79 Å². The fourth-order valence-corrected chi connectivity index (χ4v) is 2.46. The van der Waals surface area contributed by atoms with Crippen LogP contribution in [0, 0.1) is 11.8 Å². The predicted octanol–water partition coefficient (Wildman–Crippen LogP) is 1.41. The molecule has 4 heteroatoms. The number of aromatic nitrogens is 1. The zero-order valence-corrected chi connectivity index (χ0v) is 11.4. The molecule has 1 aliphatic heterocycles. The van der Waals surface area contributed by atoms with Gasteiger partial charge in [-0.1, -0.05) is 11.8 Å². The summed E-state index contributed by atoms with van der Waals surface area (Å²) in [7, 11) is 0. The number of amides is 1. The Bertz CT molecular complexity index is 540. The van der Waals surface area contributed by atoms with Crippen molar-refractivity contribution >= 4 is 5.91 Å². The Morgan fingerprint density at radius 2 is 2.37 bits per heavy atom. The lowest BCUT2D eigenvalue weighted by atomic mass is 10.0. The number of carbonyl (C=O) groups is 1. The van der Waals surface area contributed by atoms with Gasteiger partial charge in [-0.25, -0.2) is 0 Å². The van der Waals surface area contributed by atoms with Gasteiger partial charge in [0.15, 0.2) is 0 Å². The van der Waals surface area contributed by atoms with E-state index in [1.54, 1.807) is 18.5 Å². The smallest absolute Gasteiger partial charge is 0.255 e. The summed E-state index contributed by atoms with van der Waals surface area (Å²) in [5.41, 5.74) is 6.56. The molecule has 1 aromatic heterocycles. The second-order valence-electron chi connectivity index (χ2n) is 5.30. The highest BCUT2D eigenvalue weighted by Gasteiger charge is 2.36. The van der Waals surface area contributed by atoms with Crippen molar-refractivity contribution in [1.29, 1.82) is 0 Å². The van der Waals surface area contributed by atoms with E-state index in [4.69, 9.17) is 5.73 Å². The van der Waals surface area contributed by atoms with Crippen LogP contribution in [0.25, 0.3) is 0 Å². The number of hydrogen-bond donors (Lipinski definition) is 1. The topological polar surface area (TPSA) is 59.2 Å². The molecule has 2 N–H and O–H groups in total. The average molecular weight is 257 g/mol. The van der Waals surface area contributed by atoms with Gasteiger partial charge >= 0.3 is 0 Å². The number of likely N-dealkylation sites (tertiary alicyclic amines) is 1. The van der Waals surface area contributed by atoms with E-state index in [9.17, 15) is 4.79 Å². The summed E-state index contributed by atoms with van der Waals surface area (Å²) in [6, 6.07) is 1.73. The summed E-state index contributed by atoms with van der Waals surface area (Å²) < 4.78 is 0. The summed E-state index contributed by atoms with van der Waals surface area (Å²) in [5.74, 6) is 5.73. The van der Waals surface area contributed by atoms with Gasteiger partial charge in [0.2, 0.25) is 0 Å². The molecule has 19 heavy (non-hydrogen) atoms. The van der Waals surface area contributed by atoms with Crippen LogP contribution in [0.2, 0.25) is 0 Å². The van der Waals surface area contributed by atoms with Crippen LogP contribution >= 0.6 is 0 Å². The predicted molar refractivity (Wildman–Crippen MR) is 74.5 cm³/mol. The molecule has 1 aromatic rings. The fraction of sp³-hybridized carbons (Fsp3) is 0.467. The second-order valence-corrected chi connectivity index (χ2v) is 5.30. The van der Waals surface area contributed by atoms with Gasteiger partial charge in [0.25, 0.3) is 5.91 Å². The fourth-order valence-electron chi connectivity index (χ4n) is 2.46. The van der Waals surface area contributed by atoms with Crippen molar-refractivity contribution in [2.24, 2.45) is 5.73 Å². The largest absolute Gasteiger partial charge is 0.333 e. The molecule has 0 aliphatic carbocycles. The monoisotopic (exact) mass is 257 g/mol. The molecule has 1 amide bonds. The maximum atomic E-state index is 12.6. The molecule has 100 valence electrons. The van der Waals surface area contributed by atoms with E-state index in [1.165, 1.54) is 0 Å². The molecule has 1 fully saturated rings. The van der Waals surface area contributed by atoms with Crippen molar-refractivity contribution in [2.75, 3.05) is 13.1 Å². The van der Waals surface area contributed by atoms with Crippen molar-refractivity contribution in [2.45, 2.75) is 32.2 Å². The van der Waals surface area contributed by atoms with E-state index >= 15 is 0 Å². The lowest BCUT2D eigenvalue weighted by Crippen LogP contribution is -2.42. The van der Waals surface area contributed by atoms with Crippen LogP contribution in [0.5, 0.6) is 0 Å². The van der Waals surface area contributed by atoms with E-state index < -0.39 is 0 Å². The third kappa shape index (κ3) is 2.77. The maximum absolute atomic E-state index is 12.6. The van der Waals surface area contributed by atoms with Gasteiger partial charge in [0, 0.05) is 24.5 Å². The Balaban J connectivity index is 2.34. The van der Waals surface area contributed by atoms with Crippen LogP contribution in [0.1, 0.15) is 42.6 Å². The molecule has 0 saturated carbocycles. The number of pyridine rings is 1. The Kier molecular flexibility index (Phi) is 3.87. The van der Waals surface area contributed by atoms with Gasteiger partial charge in [-0.05, 0) is 32.8 Å². The first kappa shape index (κ1) is 13.6. The molecular formula is C15H19N3O. The number of carbonyl (C=O) groups excluding carboxylic acids is 1. The summed E-state index contributed by atoms with van der Waals surface area (Å²) in [6.45, 7) is 5.28. The Morgan fingerprint density at radius 3 is 3.00 bits per heavy atom. The van der Waals surface area contributed by atoms with Crippen molar-refractivity contribution in [3.8, 4) is 11.8 Å². The minimum atomic E-state index is -0.0844. The standard InChI is InChI=1S/C15H19N3O/c1-15(2)7-4-10-18(15)14(19)13-6-9-17-11-12(13)5-3-8-16/h6,9,11H,4,7-8,10,16H2,1-2H3. The first-order chi connectivity index (χ1) is 9.06. The van der Waals surface area contributed by atoms with Crippen molar-refractivity contribution in [1.82, 2.24) is 9.88 Å². The van der Waals surface area contributed by atoms with Gasteiger partial charge in [-0.3, -0.25) is 9.78 Å². The number of nitrogens with two attached hydrogens (primary N) is 1. The molecule has 0 bridgehead atoms. The lowest BCUT2D eigenvalue weighted by Gasteiger charge is -2.31. The molecule has 2 heterocycles. The van der Waals surface area contributed by atoms with E-state index in [2.05, 4.69) is 30.7 Å². The molecule has 4 nitrogen and oxygen atoms in total. The van der Waals surface area contributed by atoms with Crippen LogP contribution in [-0.4, -0.2) is 34.4 Å². The summed E-state index contributed by atoms with van der Waals surface area (Å²) in [5, 5.41) is 0. The van der Waals surface area contributed by atoms with Crippen molar-refractivity contribution in [3.05, 3.63) is 29.6 Å². The van der Waals surface area contributed by atoms with Crippen LogP contribution in [0.15, 0.2) is 18.5 Å². The molecule has 0 radical (unpaired) electrons. The molecule has 0 spiro atoms. The Morgan fingerprint density at radius 1 is 1.58 bits per heavy atom. The van der Waals surface area contributed by atoms with Gasteiger partial charge < -0.3 is 10.6 Å². The zero-order valence-electron chi connectivity index (χ0n) is 11.4. The first-order valence-electron chi connectivity index (χ1n) is 6.51. The molecule has 1 saturated heterocycles. The third-order valence-electron chi connectivity index (χ3n) is 3.52. The Hall–Kier alpha value is -1.86. The highest BCUT2D eigenvalue weighted by molar-refractivity contribution is 5.97. The highest BCUT2D eigenvalue weighted by atomic mass is 16.2. The van der Waals surface area contributed by atoms with Gasteiger partial charge in [-0.15, -0.1) is 0 Å². The molecule has 0 atom stereocenters. The SMILES string of the molecule is CC1(C)CCCN1C(=O)c1ccncc1C#CCN. The summed E-state index contributed by atoms with van der Waals surface area (Å²) >= 11 is 0. The Labute approximate surface area is 114 Å². The molecule has 0 aromatic carbocycles. The first-order valence-corrected chi connectivity index (χ1v) is 6.51.